The molecule has 0 aliphatic rings. The number of hydrogen-bond donors (Lipinski definition) is 0. The molecule has 20 heavy (non-hydrogen) atoms. The van der Waals surface area contributed by atoms with Crippen molar-refractivity contribution in [2.45, 2.75) is 79.1 Å². The Bertz CT molecular complexity index is 345. The lowest BCUT2D eigenvalue weighted by molar-refractivity contribution is -0.107. The van der Waals surface area contributed by atoms with Crippen molar-refractivity contribution in [2.75, 3.05) is 0 Å². The third kappa shape index (κ3) is 10.8. The zero-order chi connectivity index (χ0) is 15.2. The largest absolute Gasteiger partial charge is 0.303 e. The summed E-state index contributed by atoms with van der Waals surface area (Å²) in [7, 11) is 0. The highest BCUT2D eigenvalue weighted by Crippen LogP contribution is 2.15. The van der Waals surface area contributed by atoms with E-state index in [0.717, 1.165) is 32.0 Å². The zero-order valence-electron chi connectivity index (χ0n) is 13.9. The Morgan fingerprint density at radius 1 is 0.800 bits per heavy atom. The first-order chi connectivity index (χ1) is 9.61. The summed E-state index contributed by atoms with van der Waals surface area (Å²) in [6.45, 7) is 8.78. The summed E-state index contributed by atoms with van der Waals surface area (Å²) in [6.07, 6.45) is 16.5. The first kappa shape index (κ1) is 18.9. The Kier molecular flexibility index (Phi) is 12.2. The van der Waals surface area contributed by atoms with Crippen LogP contribution in [-0.4, -0.2) is 6.29 Å². The minimum Gasteiger partial charge on any atom is -0.303 e. The number of rotatable bonds is 11. The summed E-state index contributed by atoms with van der Waals surface area (Å²) < 4.78 is 0. The molecule has 0 aromatic carbocycles. The molecule has 0 atom stereocenters. The number of allylic oxidation sites excluding steroid dienone is 6. The van der Waals surface area contributed by atoms with Crippen LogP contribution in [0.15, 0.2) is 34.9 Å². The number of unbranched alkanes of at least 4 members (excludes halogenated alkanes) is 1. The van der Waals surface area contributed by atoms with Gasteiger partial charge in [0, 0.05) is 6.42 Å². The van der Waals surface area contributed by atoms with E-state index in [0.29, 0.717) is 6.42 Å². The fourth-order valence-electron chi connectivity index (χ4n) is 2.04. The highest BCUT2D eigenvalue weighted by Gasteiger charge is 1.96. The van der Waals surface area contributed by atoms with E-state index in [-0.39, 0.29) is 0 Å². The fraction of sp³-hybridized carbons (Fsp3) is 0.632. The Morgan fingerprint density at radius 2 is 1.35 bits per heavy atom. The van der Waals surface area contributed by atoms with Crippen LogP contribution in [0.3, 0.4) is 0 Å². The molecule has 0 unspecified atom stereocenters. The minimum absolute atomic E-state index is 0.655. The second-order valence-electron chi connectivity index (χ2n) is 5.65. The van der Waals surface area contributed by atoms with E-state index in [4.69, 9.17) is 0 Å². The van der Waals surface area contributed by atoms with Crippen molar-refractivity contribution in [3.05, 3.63) is 34.9 Å². The first-order valence-corrected chi connectivity index (χ1v) is 8.01. The Balaban J connectivity index is 3.83. The normalized spacial score (nSPS) is 13.7. The number of carbonyl (C=O) groups excluding carboxylic acids is 1. The monoisotopic (exact) mass is 276 g/mol. The lowest BCUT2D eigenvalue weighted by Crippen LogP contribution is -1.86. The summed E-state index contributed by atoms with van der Waals surface area (Å²) in [6, 6.07) is 0. The van der Waals surface area contributed by atoms with Crippen LogP contribution < -0.4 is 0 Å². The quantitative estimate of drug-likeness (QED) is 0.326. The molecule has 0 amide bonds. The summed E-state index contributed by atoms with van der Waals surface area (Å²) >= 11 is 0. The van der Waals surface area contributed by atoms with Crippen molar-refractivity contribution >= 4 is 6.29 Å². The van der Waals surface area contributed by atoms with Crippen LogP contribution in [-0.2, 0) is 4.79 Å². The lowest BCUT2D eigenvalue weighted by atomic mass is 10.0. The molecular formula is C19H32O. The molecule has 0 radical (unpaired) electrons. The van der Waals surface area contributed by atoms with Gasteiger partial charge < -0.3 is 4.79 Å². The van der Waals surface area contributed by atoms with Gasteiger partial charge in [0.05, 0.1) is 0 Å². The van der Waals surface area contributed by atoms with Crippen LogP contribution >= 0.6 is 0 Å². The predicted molar refractivity (Wildman–Crippen MR) is 89.9 cm³/mol. The fourth-order valence-corrected chi connectivity index (χ4v) is 2.04. The molecule has 0 bridgehead atoms. The van der Waals surface area contributed by atoms with Gasteiger partial charge in [0.2, 0.25) is 0 Å². The Labute approximate surface area is 125 Å². The van der Waals surface area contributed by atoms with Crippen molar-refractivity contribution < 1.29 is 4.79 Å². The summed E-state index contributed by atoms with van der Waals surface area (Å²) in [5, 5.41) is 0. The molecule has 0 aromatic rings. The van der Waals surface area contributed by atoms with Gasteiger partial charge in [0.1, 0.15) is 6.29 Å². The Morgan fingerprint density at radius 3 is 1.90 bits per heavy atom. The van der Waals surface area contributed by atoms with Gasteiger partial charge in [0.25, 0.3) is 0 Å². The molecular weight excluding hydrogens is 244 g/mol. The average molecular weight is 276 g/mol. The van der Waals surface area contributed by atoms with Gasteiger partial charge in [-0.3, -0.25) is 0 Å². The van der Waals surface area contributed by atoms with Crippen LogP contribution in [0.5, 0.6) is 0 Å². The van der Waals surface area contributed by atoms with Crippen molar-refractivity contribution in [2.24, 2.45) is 0 Å². The maximum atomic E-state index is 10.3. The van der Waals surface area contributed by atoms with Crippen molar-refractivity contribution in [3.63, 3.8) is 0 Å². The lowest BCUT2D eigenvalue weighted by Gasteiger charge is -2.04. The number of aldehydes is 1. The van der Waals surface area contributed by atoms with Gasteiger partial charge in [-0.2, -0.15) is 0 Å². The highest BCUT2D eigenvalue weighted by atomic mass is 16.1. The summed E-state index contributed by atoms with van der Waals surface area (Å²) in [5.74, 6) is 0. The molecule has 0 aliphatic heterocycles. The molecule has 114 valence electrons. The van der Waals surface area contributed by atoms with E-state index in [2.05, 4.69) is 45.9 Å². The van der Waals surface area contributed by atoms with E-state index in [1.165, 1.54) is 36.0 Å². The van der Waals surface area contributed by atoms with Crippen LogP contribution in [0.1, 0.15) is 79.1 Å². The van der Waals surface area contributed by atoms with E-state index in [9.17, 15) is 4.79 Å². The maximum Gasteiger partial charge on any atom is 0.120 e. The third-order valence-corrected chi connectivity index (χ3v) is 3.71. The molecule has 0 saturated heterocycles. The second-order valence-corrected chi connectivity index (χ2v) is 5.65. The smallest absolute Gasteiger partial charge is 0.120 e. The van der Waals surface area contributed by atoms with Crippen LogP contribution in [0.2, 0.25) is 0 Å². The van der Waals surface area contributed by atoms with Crippen LogP contribution in [0.25, 0.3) is 0 Å². The molecule has 1 heteroatoms. The van der Waals surface area contributed by atoms with Gasteiger partial charge in [-0.05, 0) is 59.3 Å². The second kappa shape index (κ2) is 12.9. The third-order valence-electron chi connectivity index (χ3n) is 3.71. The zero-order valence-corrected chi connectivity index (χ0v) is 13.9. The SMILES string of the molecule is CCC/C=C(\C)CC/C=C/CC/C(C)=C(\C)CCC=O. The van der Waals surface area contributed by atoms with Crippen molar-refractivity contribution in [3.8, 4) is 0 Å². The van der Waals surface area contributed by atoms with Gasteiger partial charge in [-0.25, -0.2) is 0 Å². The van der Waals surface area contributed by atoms with Gasteiger partial charge in [0.15, 0.2) is 0 Å². The molecule has 0 spiro atoms. The maximum absolute atomic E-state index is 10.3. The summed E-state index contributed by atoms with van der Waals surface area (Å²) in [4.78, 5) is 10.3. The van der Waals surface area contributed by atoms with E-state index >= 15 is 0 Å². The van der Waals surface area contributed by atoms with E-state index < -0.39 is 0 Å². The molecule has 0 N–H and O–H groups in total. The molecule has 0 rings (SSSR count). The van der Waals surface area contributed by atoms with Crippen LogP contribution in [0.4, 0.5) is 0 Å². The van der Waals surface area contributed by atoms with Crippen molar-refractivity contribution in [1.29, 1.82) is 0 Å². The van der Waals surface area contributed by atoms with Gasteiger partial charge in [-0.15, -0.1) is 0 Å². The standard InChI is InChI=1S/C19H32O/c1-5-6-12-17(2)13-9-7-8-10-14-18(3)19(4)15-11-16-20/h7-8,12,16H,5-6,9-11,13-15H2,1-4H3/b8-7+,17-12+,19-18+. The molecule has 0 saturated carbocycles. The molecule has 0 heterocycles. The van der Waals surface area contributed by atoms with Gasteiger partial charge in [-0.1, -0.05) is 48.3 Å². The van der Waals surface area contributed by atoms with E-state index in [1.807, 2.05) is 0 Å². The van der Waals surface area contributed by atoms with E-state index in [1.54, 1.807) is 0 Å². The minimum atomic E-state index is 0.655. The summed E-state index contributed by atoms with van der Waals surface area (Å²) in [5.41, 5.74) is 4.33. The molecule has 1 nitrogen and oxygen atoms in total. The molecule has 0 fully saturated rings. The number of carbonyl (C=O) groups is 1. The van der Waals surface area contributed by atoms with Crippen molar-refractivity contribution in [1.82, 2.24) is 0 Å². The predicted octanol–water partition coefficient (Wildman–Crippen LogP) is 6.16. The molecule has 0 aliphatic carbocycles. The number of hydrogen-bond acceptors (Lipinski definition) is 1. The highest BCUT2D eigenvalue weighted by molar-refractivity contribution is 5.49. The first-order valence-electron chi connectivity index (χ1n) is 8.01. The van der Waals surface area contributed by atoms with Crippen LogP contribution in [0, 0.1) is 0 Å². The molecule has 0 aromatic heterocycles. The van der Waals surface area contributed by atoms with Gasteiger partial charge >= 0.3 is 0 Å². The average Bonchev–Trinajstić information content (AvgIpc) is 2.45. The Hall–Kier alpha value is -1.11. The topological polar surface area (TPSA) is 17.1 Å².